The monoisotopic (exact) mass is 474 g/mol. The number of hydrogen-bond donors (Lipinski definition) is 2. The molecule has 0 bridgehead atoms. The third-order valence-corrected chi connectivity index (χ3v) is 6.87. The van der Waals surface area contributed by atoms with E-state index in [-0.39, 0.29) is 17.3 Å². The van der Waals surface area contributed by atoms with E-state index in [1.807, 2.05) is 67.8 Å². The molecule has 0 aliphatic rings. The first-order valence-corrected chi connectivity index (χ1v) is 12.3. The molecule has 0 atom stereocenters. The molecule has 0 fully saturated rings. The van der Waals surface area contributed by atoms with Gasteiger partial charge in [-0.25, -0.2) is 4.83 Å². The number of anilines is 1. The first-order chi connectivity index (χ1) is 16.2. The number of para-hydroxylation sites is 1. The van der Waals surface area contributed by atoms with Crippen LogP contribution in [0.5, 0.6) is 0 Å². The fourth-order valence-corrected chi connectivity index (χ4v) is 4.41. The Morgan fingerprint density at radius 2 is 1.71 bits per heavy atom. The van der Waals surface area contributed by atoms with Crippen molar-refractivity contribution in [2.75, 3.05) is 5.32 Å². The van der Waals surface area contributed by atoms with Crippen LogP contribution in [0.4, 0.5) is 5.69 Å². The van der Waals surface area contributed by atoms with Crippen LogP contribution in [0.2, 0.25) is 0 Å². The summed E-state index contributed by atoms with van der Waals surface area (Å²) in [7, 11) is -3.77. The number of sulfonamides is 1. The summed E-state index contributed by atoms with van der Waals surface area (Å²) in [5.74, 6) is -0.160. The van der Waals surface area contributed by atoms with E-state index in [4.69, 9.17) is 0 Å². The lowest BCUT2D eigenvalue weighted by Crippen LogP contribution is -2.18. The van der Waals surface area contributed by atoms with E-state index in [1.165, 1.54) is 18.3 Å². The molecular weight excluding hydrogens is 448 g/mol. The Morgan fingerprint density at radius 1 is 0.971 bits per heavy atom. The van der Waals surface area contributed by atoms with Gasteiger partial charge in [0, 0.05) is 28.4 Å². The number of aromatic nitrogens is 1. The fraction of sp³-hybridized carbons (Fsp3) is 0.154. The van der Waals surface area contributed by atoms with Crippen molar-refractivity contribution >= 4 is 38.7 Å². The van der Waals surface area contributed by atoms with E-state index in [0.29, 0.717) is 5.56 Å². The fourth-order valence-electron chi connectivity index (χ4n) is 3.62. The second-order valence-corrected chi connectivity index (χ2v) is 9.90. The molecule has 0 unspecified atom stereocenters. The van der Waals surface area contributed by atoms with Crippen LogP contribution >= 0.6 is 0 Å². The lowest BCUT2D eigenvalue weighted by atomic mass is 10.1. The first kappa shape index (κ1) is 23.3. The van der Waals surface area contributed by atoms with Gasteiger partial charge in [0.15, 0.2) is 0 Å². The van der Waals surface area contributed by atoms with E-state index in [9.17, 15) is 13.2 Å². The molecule has 0 aliphatic carbocycles. The molecule has 4 rings (SSSR count). The number of fused-ring (bicyclic) bond motifs is 1. The van der Waals surface area contributed by atoms with E-state index >= 15 is 0 Å². The highest BCUT2D eigenvalue weighted by molar-refractivity contribution is 7.89. The summed E-state index contributed by atoms with van der Waals surface area (Å²) in [6.07, 6.45) is 3.24. The number of rotatable bonds is 7. The van der Waals surface area contributed by atoms with Crippen LogP contribution in [0.3, 0.4) is 0 Å². The Morgan fingerprint density at radius 3 is 2.44 bits per heavy atom. The average Bonchev–Trinajstić information content (AvgIpc) is 3.14. The number of aryl methyl sites for hydroxylation is 3. The van der Waals surface area contributed by atoms with Gasteiger partial charge in [0.2, 0.25) is 5.91 Å². The molecular formula is C26H26N4O3S. The summed E-state index contributed by atoms with van der Waals surface area (Å²) in [6.45, 7) is 6.02. The van der Waals surface area contributed by atoms with Gasteiger partial charge in [0.1, 0.15) is 6.54 Å². The molecule has 1 heterocycles. The third-order valence-electron chi connectivity index (χ3n) is 5.63. The molecule has 1 aromatic heterocycles. The molecule has 4 aromatic rings. The number of nitrogens with one attached hydrogen (secondary N) is 2. The molecule has 0 saturated carbocycles. The number of carbonyl (C=O) groups excluding carboxylic acids is 1. The predicted molar refractivity (Wildman–Crippen MR) is 136 cm³/mol. The zero-order valence-electron chi connectivity index (χ0n) is 19.2. The second-order valence-electron chi connectivity index (χ2n) is 8.24. The van der Waals surface area contributed by atoms with Crippen LogP contribution in [0, 0.1) is 20.8 Å². The molecule has 1 amide bonds. The quantitative estimate of drug-likeness (QED) is 0.305. The number of nitrogens with zero attached hydrogens (tertiary/aromatic N) is 2. The number of hydrogen-bond acceptors (Lipinski definition) is 4. The van der Waals surface area contributed by atoms with Crippen LogP contribution in [-0.2, 0) is 21.4 Å². The smallest absolute Gasteiger partial charge is 0.276 e. The Balaban J connectivity index is 1.52. The van der Waals surface area contributed by atoms with Gasteiger partial charge in [-0.15, -0.1) is 0 Å². The molecule has 34 heavy (non-hydrogen) atoms. The summed E-state index contributed by atoms with van der Waals surface area (Å²) in [5, 5.41) is 7.76. The van der Waals surface area contributed by atoms with Crippen molar-refractivity contribution in [3.63, 3.8) is 0 Å². The lowest BCUT2D eigenvalue weighted by molar-refractivity contribution is -0.116. The van der Waals surface area contributed by atoms with Gasteiger partial charge in [0.05, 0.1) is 11.1 Å². The molecule has 174 valence electrons. The summed E-state index contributed by atoms with van der Waals surface area (Å²) < 4.78 is 26.8. The predicted octanol–water partition coefficient (Wildman–Crippen LogP) is 4.52. The van der Waals surface area contributed by atoms with Crippen molar-refractivity contribution < 1.29 is 13.2 Å². The number of hydrazone groups is 1. The van der Waals surface area contributed by atoms with Crippen LogP contribution in [0.25, 0.3) is 10.9 Å². The van der Waals surface area contributed by atoms with Gasteiger partial charge in [0.25, 0.3) is 10.0 Å². The zero-order chi connectivity index (χ0) is 24.3. The molecule has 0 aliphatic heterocycles. The van der Waals surface area contributed by atoms with Gasteiger partial charge in [-0.05, 0) is 62.2 Å². The number of amides is 1. The minimum absolute atomic E-state index is 0.108. The summed E-state index contributed by atoms with van der Waals surface area (Å²) >= 11 is 0. The van der Waals surface area contributed by atoms with Crippen molar-refractivity contribution in [2.24, 2.45) is 5.10 Å². The standard InChI is InChI=1S/C26H26N4O3S/c1-18-8-12-23(13-9-18)34(32,33)29-27-15-21-16-30(25-7-5-4-6-24(21)25)17-26(31)28-22-11-10-19(2)20(3)14-22/h4-16,29H,17H2,1-3H3,(H,28,31)/b27-15-. The Bertz CT molecular complexity index is 1490. The highest BCUT2D eigenvalue weighted by Crippen LogP contribution is 2.21. The maximum absolute atomic E-state index is 12.7. The zero-order valence-corrected chi connectivity index (χ0v) is 20.1. The van der Waals surface area contributed by atoms with E-state index in [0.717, 1.165) is 33.3 Å². The van der Waals surface area contributed by atoms with Crippen LogP contribution in [-0.4, -0.2) is 25.1 Å². The van der Waals surface area contributed by atoms with Gasteiger partial charge in [-0.1, -0.05) is 42.0 Å². The Labute approximate surface area is 199 Å². The van der Waals surface area contributed by atoms with E-state index in [1.54, 1.807) is 18.3 Å². The van der Waals surface area contributed by atoms with Crippen LogP contribution in [0.1, 0.15) is 22.3 Å². The highest BCUT2D eigenvalue weighted by Gasteiger charge is 2.13. The Hall–Kier alpha value is -3.91. The molecule has 2 N–H and O–H groups in total. The molecule has 7 nitrogen and oxygen atoms in total. The summed E-state index contributed by atoms with van der Waals surface area (Å²) in [5.41, 5.74) is 5.53. The number of carbonyl (C=O) groups is 1. The third kappa shape index (κ3) is 5.18. The van der Waals surface area contributed by atoms with E-state index < -0.39 is 10.0 Å². The molecule has 0 spiro atoms. The second kappa shape index (κ2) is 9.52. The normalized spacial score (nSPS) is 11.7. The van der Waals surface area contributed by atoms with Crippen molar-refractivity contribution in [1.29, 1.82) is 0 Å². The Kier molecular flexibility index (Phi) is 6.51. The maximum Gasteiger partial charge on any atom is 0.276 e. The molecule has 8 heteroatoms. The minimum Gasteiger partial charge on any atom is -0.337 e. The van der Waals surface area contributed by atoms with Crippen molar-refractivity contribution in [2.45, 2.75) is 32.2 Å². The number of benzene rings is 3. The van der Waals surface area contributed by atoms with Gasteiger partial charge in [-0.2, -0.15) is 13.5 Å². The lowest BCUT2D eigenvalue weighted by Gasteiger charge is -2.09. The SMILES string of the molecule is Cc1ccc(S(=O)(=O)N/N=C\c2cn(CC(=O)Nc3ccc(C)c(C)c3)c3ccccc23)cc1. The maximum atomic E-state index is 12.7. The van der Waals surface area contributed by atoms with Crippen molar-refractivity contribution in [3.8, 4) is 0 Å². The van der Waals surface area contributed by atoms with Gasteiger partial charge < -0.3 is 9.88 Å². The molecule has 0 radical (unpaired) electrons. The minimum atomic E-state index is -3.77. The average molecular weight is 475 g/mol. The van der Waals surface area contributed by atoms with Crippen molar-refractivity contribution in [1.82, 2.24) is 9.40 Å². The summed E-state index contributed by atoms with van der Waals surface area (Å²) in [6, 6.07) is 19.9. The van der Waals surface area contributed by atoms with Gasteiger partial charge >= 0.3 is 0 Å². The first-order valence-electron chi connectivity index (χ1n) is 10.8. The highest BCUT2D eigenvalue weighted by atomic mass is 32.2. The molecule has 3 aromatic carbocycles. The van der Waals surface area contributed by atoms with Crippen molar-refractivity contribution in [3.05, 3.63) is 95.2 Å². The largest absolute Gasteiger partial charge is 0.337 e. The summed E-state index contributed by atoms with van der Waals surface area (Å²) in [4.78, 5) is 15.1. The van der Waals surface area contributed by atoms with E-state index in [2.05, 4.69) is 15.2 Å². The van der Waals surface area contributed by atoms with Crippen LogP contribution in [0.15, 0.2) is 82.9 Å². The topological polar surface area (TPSA) is 92.6 Å². The van der Waals surface area contributed by atoms with Crippen LogP contribution < -0.4 is 10.1 Å². The van der Waals surface area contributed by atoms with Gasteiger partial charge in [-0.3, -0.25) is 4.79 Å². The molecule has 0 saturated heterocycles.